The van der Waals surface area contributed by atoms with Crippen LogP contribution < -0.4 is 0 Å². The van der Waals surface area contributed by atoms with Gasteiger partial charge < -0.3 is 0 Å². The van der Waals surface area contributed by atoms with Gasteiger partial charge in [-0.1, -0.05) is 0 Å². The molecule has 1 fully saturated rings. The van der Waals surface area contributed by atoms with Crippen molar-refractivity contribution < 1.29 is 0 Å². The van der Waals surface area contributed by atoms with Gasteiger partial charge >= 0.3 is 0 Å². The van der Waals surface area contributed by atoms with E-state index in [0.29, 0.717) is 35.5 Å². The molecule has 0 saturated heterocycles. The third-order valence-electron chi connectivity index (χ3n) is 24.1. The van der Waals surface area contributed by atoms with Crippen molar-refractivity contribution in [1.82, 2.24) is 0 Å². The maximum absolute atomic E-state index is 1.88. The maximum atomic E-state index is 1.88. The molecule has 246 valence electrons. The molecule has 7 aliphatic rings. The molecule has 0 radical (unpaired) electrons. The predicted molar refractivity (Wildman–Crippen MR) is 251 cm³/mol. The van der Waals surface area contributed by atoms with Crippen LogP contribution in [-0.2, 0) is 0 Å². The van der Waals surface area contributed by atoms with Gasteiger partial charge in [0.2, 0.25) is 0 Å². The second-order valence-electron chi connectivity index (χ2n) is 23.6. The van der Waals surface area contributed by atoms with Crippen molar-refractivity contribution in [2.24, 2.45) is 0 Å². The fourth-order valence-corrected chi connectivity index (χ4v) is 24.5. The first-order valence-electron chi connectivity index (χ1n) is 23.2. The molecule has 0 amide bonds. The summed E-state index contributed by atoms with van der Waals surface area (Å²) in [6.45, 7) is 0. The zero-order chi connectivity index (χ0) is 34.6. The molecule has 32 rings (SSSR count). The molecule has 0 spiro atoms. The van der Waals surface area contributed by atoms with E-state index in [-0.39, 0.29) is 0 Å². The van der Waals surface area contributed by atoms with Crippen LogP contribution in [0.15, 0.2) is 0 Å². The Balaban J connectivity index is 1.31. The van der Waals surface area contributed by atoms with Gasteiger partial charge in [-0.15, -0.1) is 0 Å². The molecule has 7 aliphatic carbocycles. The fraction of sp³-hybridized carbons (Fsp3) is 0.100. The highest BCUT2D eigenvalue weighted by atomic mass is 14.7. The van der Waals surface area contributed by atoms with Gasteiger partial charge in [0.15, 0.2) is 0 Å². The van der Waals surface area contributed by atoms with Crippen molar-refractivity contribution in [3.8, 4) is 0 Å². The van der Waals surface area contributed by atoms with Crippen LogP contribution in [0.4, 0.5) is 0 Å². The minimum absolute atomic E-state index is 0.605. The summed E-state index contributed by atoms with van der Waals surface area (Å²) in [6, 6.07) is 0. The molecule has 0 heterocycles. The molecule has 0 atom stereocenters. The number of hydrogen-bond donors (Lipinski definition) is 0. The fourth-order valence-electron chi connectivity index (χ4n) is 24.5. The van der Waals surface area contributed by atoms with E-state index in [1.165, 1.54) is 0 Å². The Labute approximate surface area is 325 Å². The summed E-state index contributed by atoms with van der Waals surface area (Å²) in [5.41, 5.74) is 11.3. The van der Waals surface area contributed by atoms with Gasteiger partial charge in [0.1, 0.15) is 0 Å². The summed E-state index contributed by atoms with van der Waals surface area (Å²) in [6.07, 6.45) is 0. The topological polar surface area (TPSA) is 0 Å². The van der Waals surface area contributed by atoms with E-state index in [1.54, 1.807) is 242 Å². The van der Waals surface area contributed by atoms with Crippen LogP contribution in [0.2, 0.25) is 0 Å². The molecule has 0 aliphatic heterocycles. The van der Waals surface area contributed by atoms with E-state index >= 15 is 0 Å². The largest absolute Gasteiger partial charge is 0.0269 e. The van der Waals surface area contributed by atoms with Crippen LogP contribution >= 0.6 is 0 Å². The first kappa shape index (κ1) is 20.8. The molecule has 1 saturated carbocycles. The maximum Gasteiger partial charge on any atom is 0.000153 e. The normalized spacial score (nSPS) is 27.0. The standard InChI is InChI=1S/C60H6/c1-2-5-6-3(1)8-12-10-4(1)9-11-7(2)17-21-13(5)23-24-14(6)22-18(8)28-20(12)30-26-16(10)15(9)25-29-19(11)27(17)37-41-31(21)33(23)43-44-34(24)32(22)42-38(28)48-40(30)46-36(26)35(25)45-39(29)47(37)55-49(41)51(43)57-52(44)50(42)56(48)59-54(46)53(45)58(55)60(57)59/h1-2,4,7,9,11H. The first-order chi connectivity index (χ1) is 30.0. The van der Waals surface area contributed by atoms with Gasteiger partial charge in [0.05, 0.1) is 0 Å². The van der Waals surface area contributed by atoms with Crippen LogP contribution in [-0.4, -0.2) is 0 Å². The van der Waals surface area contributed by atoms with E-state index in [2.05, 4.69) is 0 Å². The lowest BCUT2D eigenvalue weighted by molar-refractivity contribution is 0.255. The molecule has 60 heavy (non-hydrogen) atoms. The Hall–Kier alpha value is -7.02. The van der Waals surface area contributed by atoms with E-state index in [0.717, 1.165) is 0 Å². The molecule has 0 heteroatoms. The average Bonchev–Trinajstić information content (AvgIpc) is 4.09. The average molecular weight is 727 g/mol. The van der Waals surface area contributed by atoms with E-state index in [4.69, 9.17) is 0 Å². The highest BCUT2D eigenvalue weighted by Crippen LogP contribution is 2.88. The van der Waals surface area contributed by atoms with Gasteiger partial charge in [0, 0.05) is 35.5 Å². The number of rotatable bonds is 0. The van der Waals surface area contributed by atoms with Crippen molar-refractivity contribution in [2.45, 2.75) is 35.5 Å². The highest BCUT2D eigenvalue weighted by Gasteiger charge is 2.68. The SMILES string of the molecule is c12c3c4c5c6c7c8c9c%10c%11c%12c%13c(c%14c1c1c%15c3c3c5c5c6c6c8c8c%10c%10c%11c%11c%13c%13c%14c1c1c%14c%15c3c3c5c5c6c8c6c%10c8c%11c%13c1c1c%14c3c5c6c81)C1C2C4C7C9C%121. The Morgan fingerprint density at radius 2 is 0.167 bits per heavy atom. The smallest absolute Gasteiger partial charge is 0.000153 e. The summed E-state index contributed by atoms with van der Waals surface area (Å²) in [5.74, 6) is 3.63. The number of benzene rings is 16. The second kappa shape index (κ2) is 4.51. The highest BCUT2D eigenvalue weighted by molar-refractivity contribution is 6.79. The summed E-state index contributed by atoms with van der Waals surface area (Å²) in [7, 11) is 0. The zero-order valence-corrected chi connectivity index (χ0v) is 30.5. The van der Waals surface area contributed by atoms with Crippen molar-refractivity contribution >= 4 is 259 Å². The second-order valence-corrected chi connectivity index (χ2v) is 23.6. The van der Waals surface area contributed by atoms with Gasteiger partial charge in [0.25, 0.3) is 0 Å². The van der Waals surface area contributed by atoms with Crippen LogP contribution in [0.3, 0.4) is 0 Å². The molecule has 0 nitrogen and oxygen atoms in total. The third-order valence-corrected chi connectivity index (χ3v) is 24.1. The minimum Gasteiger partial charge on any atom is -0.0269 e. The molecular formula is C60H6. The van der Waals surface area contributed by atoms with Gasteiger partial charge in [-0.3, -0.25) is 0 Å². The van der Waals surface area contributed by atoms with Crippen molar-refractivity contribution in [1.29, 1.82) is 0 Å². The molecule has 25 aromatic carbocycles. The van der Waals surface area contributed by atoms with E-state index in [9.17, 15) is 0 Å². The van der Waals surface area contributed by atoms with Crippen LogP contribution in [0.1, 0.15) is 68.9 Å². The van der Waals surface area contributed by atoms with Crippen molar-refractivity contribution in [3.63, 3.8) is 0 Å². The van der Waals surface area contributed by atoms with Gasteiger partial charge in [-0.2, -0.15) is 0 Å². The Kier molecular flexibility index (Phi) is 1.56. The minimum atomic E-state index is 0.605. The third kappa shape index (κ3) is 1.02. The van der Waals surface area contributed by atoms with Gasteiger partial charge in [-0.05, 0) is 292 Å². The van der Waals surface area contributed by atoms with Crippen molar-refractivity contribution in [2.75, 3.05) is 0 Å². The Bertz CT molecular complexity index is 5560. The van der Waals surface area contributed by atoms with Gasteiger partial charge in [-0.25, -0.2) is 0 Å². The van der Waals surface area contributed by atoms with Crippen molar-refractivity contribution in [3.05, 3.63) is 33.4 Å². The summed E-state index contributed by atoms with van der Waals surface area (Å²) >= 11 is 0. The zero-order valence-electron chi connectivity index (χ0n) is 30.5. The Morgan fingerprint density at radius 1 is 0.0833 bits per heavy atom. The van der Waals surface area contributed by atoms with Crippen LogP contribution in [0, 0.1) is 0 Å². The van der Waals surface area contributed by atoms with Crippen LogP contribution in [0.25, 0.3) is 259 Å². The lowest BCUT2D eigenvalue weighted by Crippen LogP contribution is -2.36. The summed E-state index contributed by atoms with van der Waals surface area (Å²) < 4.78 is 0. The monoisotopic (exact) mass is 726 g/mol. The summed E-state index contributed by atoms with van der Waals surface area (Å²) in [5, 5.41) is 83.1. The molecule has 0 N–H and O–H groups in total. The van der Waals surface area contributed by atoms with E-state index in [1.807, 2.05) is 49.5 Å². The quantitative estimate of drug-likeness (QED) is 0.137. The number of hydrogen-bond acceptors (Lipinski definition) is 0. The first-order valence-corrected chi connectivity index (χ1v) is 23.2. The summed E-state index contributed by atoms with van der Waals surface area (Å²) in [4.78, 5) is 0. The van der Waals surface area contributed by atoms with Crippen LogP contribution in [0.5, 0.6) is 0 Å². The molecular weight excluding hydrogens is 721 g/mol. The molecule has 25 aromatic rings. The molecule has 0 unspecified atom stereocenters. The molecule has 0 aromatic heterocycles. The predicted octanol–water partition coefficient (Wildman–Crippen LogP) is 16.5. The Morgan fingerprint density at radius 3 is 0.283 bits per heavy atom. The molecule has 0 bridgehead atoms. The lowest BCUT2D eigenvalue weighted by Gasteiger charge is -2.50. The van der Waals surface area contributed by atoms with E-state index < -0.39 is 0 Å². The lowest BCUT2D eigenvalue weighted by atomic mass is 9.52.